The van der Waals surface area contributed by atoms with Gasteiger partial charge in [-0.15, -0.1) is 11.8 Å². The van der Waals surface area contributed by atoms with Gasteiger partial charge in [-0.25, -0.2) is 0 Å². The molecule has 0 radical (unpaired) electrons. The molecule has 0 spiro atoms. The van der Waals surface area contributed by atoms with Gasteiger partial charge >= 0.3 is 0 Å². The molecule has 27 heavy (non-hydrogen) atoms. The fraction of sp³-hybridized carbons (Fsp3) is 0.400. The molecule has 2 N–H and O–H groups in total. The maximum Gasteiger partial charge on any atom is 0.167 e. The lowest BCUT2D eigenvalue weighted by Crippen LogP contribution is -2.50. The average Bonchev–Trinajstić information content (AvgIpc) is 3.21. The van der Waals surface area contributed by atoms with Gasteiger partial charge in [0.15, 0.2) is 10.7 Å². The average molecular weight is 388 g/mol. The molecule has 1 aliphatic rings. The van der Waals surface area contributed by atoms with E-state index in [1.165, 1.54) is 0 Å². The van der Waals surface area contributed by atoms with Gasteiger partial charge in [0.2, 0.25) is 0 Å². The van der Waals surface area contributed by atoms with Gasteiger partial charge in [-0.1, -0.05) is 6.07 Å². The number of pyridine rings is 1. The van der Waals surface area contributed by atoms with Crippen molar-refractivity contribution in [3.8, 4) is 11.5 Å². The van der Waals surface area contributed by atoms with Crippen molar-refractivity contribution in [2.75, 3.05) is 32.6 Å². The molecule has 0 bridgehead atoms. The number of carbonyl (C=O) groups is 1. The summed E-state index contributed by atoms with van der Waals surface area (Å²) in [5.41, 5.74) is 0.968. The number of carbonyl (C=O) groups excluding carboxylic acids is 1. The SMILES string of the molecule is COc1ccc(OCC2(C(=O)CCNCc3ccccn3)NCCS2)cc1. The third kappa shape index (κ3) is 5.45. The lowest BCUT2D eigenvalue weighted by atomic mass is 10.1. The molecule has 0 aliphatic carbocycles. The Kier molecular flexibility index (Phi) is 7.09. The molecule has 1 aliphatic heterocycles. The van der Waals surface area contributed by atoms with Crippen LogP contribution in [0.25, 0.3) is 0 Å². The molecule has 6 nitrogen and oxygen atoms in total. The zero-order chi connectivity index (χ0) is 19.0. The summed E-state index contributed by atoms with van der Waals surface area (Å²) in [5.74, 6) is 2.57. The minimum atomic E-state index is -0.674. The molecule has 1 fully saturated rings. The van der Waals surface area contributed by atoms with Crippen LogP contribution in [0.4, 0.5) is 0 Å². The maximum atomic E-state index is 12.9. The van der Waals surface area contributed by atoms with Gasteiger partial charge in [-0.05, 0) is 36.4 Å². The van der Waals surface area contributed by atoms with Crippen molar-refractivity contribution in [1.82, 2.24) is 15.6 Å². The van der Waals surface area contributed by atoms with E-state index in [1.807, 2.05) is 42.5 Å². The molecule has 2 heterocycles. The quantitative estimate of drug-likeness (QED) is 0.606. The number of rotatable bonds is 10. The number of benzene rings is 1. The molecule has 1 atom stereocenters. The van der Waals surface area contributed by atoms with Crippen molar-refractivity contribution < 1.29 is 14.3 Å². The van der Waals surface area contributed by atoms with Crippen LogP contribution in [0.15, 0.2) is 48.7 Å². The minimum absolute atomic E-state index is 0.159. The fourth-order valence-corrected chi connectivity index (χ4v) is 4.02. The zero-order valence-corrected chi connectivity index (χ0v) is 16.3. The van der Waals surface area contributed by atoms with Crippen LogP contribution in [-0.2, 0) is 11.3 Å². The number of ketones is 1. The molecule has 144 valence electrons. The molecular formula is C20H25N3O3S. The van der Waals surface area contributed by atoms with Gasteiger partial charge in [0.1, 0.15) is 18.1 Å². The smallest absolute Gasteiger partial charge is 0.167 e. The van der Waals surface area contributed by atoms with Gasteiger partial charge in [0.05, 0.1) is 12.8 Å². The summed E-state index contributed by atoms with van der Waals surface area (Å²) in [6.07, 6.45) is 2.21. The van der Waals surface area contributed by atoms with Crippen LogP contribution in [-0.4, -0.2) is 48.2 Å². The summed E-state index contributed by atoms with van der Waals surface area (Å²) in [6.45, 7) is 2.39. The van der Waals surface area contributed by atoms with Crippen molar-refractivity contribution in [1.29, 1.82) is 0 Å². The van der Waals surface area contributed by atoms with Crippen molar-refractivity contribution >= 4 is 17.5 Å². The van der Waals surface area contributed by atoms with E-state index < -0.39 is 4.87 Å². The van der Waals surface area contributed by atoms with Gasteiger partial charge < -0.3 is 14.8 Å². The van der Waals surface area contributed by atoms with E-state index in [0.29, 0.717) is 26.1 Å². The Morgan fingerprint density at radius 3 is 2.74 bits per heavy atom. The van der Waals surface area contributed by atoms with Gasteiger partial charge in [0.25, 0.3) is 0 Å². The van der Waals surface area contributed by atoms with Gasteiger partial charge in [-0.3, -0.25) is 15.1 Å². The van der Waals surface area contributed by atoms with Crippen LogP contribution in [0.3, 0.4) is 0 Å². The highest BCUT2D eigenvalue weighted by Crippen LogP contribution is 2.30. The Balaban J connectivity index is 1.49. The fourth-order valence-electron chi connectivity index (χ4n) is 2.86. The molecule has 1 saturated heterocycles. The first-order valence-corrected chi connectivity index (χ1v) is 10.0. The van der Waals surface area contributed by atoms with Crippen LogP contribution in [0.5, 0.6) is 11.5 Å². The second-order valence-electron chi connectivity index (χ2n) is 6.24. The first kappa shape index (κ1) is 19.7. The lowest BCUT2D eigenvalue weighted by Gasteiger charge is -2.27. The number of aromatic nitrogens is 1. The van der Waals surface area contributed by atoms with Crippen molar-refractivity contribution in [3.63, 3.8) is 0 Å². The maximum absolute atomic E-state index is 12.9. The Labute approximate surface area is 164 Å². The summed E-state index contributed by atoms with van der Waals surface area (Å²) in [6, 6.07) is 13.2. The standard InChI is InChI=1S/C20H25N3O3S/c1-25-17-5-7-18(8-6-17)26-15-20(23-12-13-27-20)19(24)9-11-21-14-16-4-2-3-10-22-16/h2-8,10,21,23H,9,11-15H2,1H3. The number of ether oxygens (including phenoxy) is 2. The van der Waals surface area contributed by atoms with Gasteiger partial charge in [-0.2, -0.15) is 0 Å². The Morgan fingerprint density at radius 2 is 2.07 bits per heavy atom. The third-order valence-electron chi connectivity index (χ3n) is 4.37. The van der Waals surface area contributed by atoms with E-state index >= 15 is 0 Å². The predicted octanol–water partition coefficient (Wildman–Crippen LogP) is 2.25. The van der Waals surface area contributed by atoms with Crippen LogP contribution in [0.1, 0.15) is 12.1 Å². The highest BCUT2D eigenvalue weighted by molar-refractivity contribution is 8.01. The summed E-state index contributed by atoms with van der Waals surface area (Å²) < 4.78 is 11.1. The molecule has 2 aromatic rings. The summed E-state index contributed by atoms with van der Waals surface area (Å²) in [7, 11) is 1.63. The van der Waals surface area contributed by atoms with Crippen LogP contribution < -0.4 is 20.1 Å². The number of hydrogen-bond donors (Lipinski definition) is 2. The number of Topliss-reactive ketones (excluding diaryl/α,β-unsaturated/α-hetero) is 1. The monoisotopic (exact) mass is 387 g/mol. The van der Waals surface area contributed by atoms with Crippen LogP contribution in [0.2, 0.25) is 0 Å². The number of nitrogens with one attached hydrogen (secondary N) is 2. The largest absolute Gasteiger partial charge is 0.497 e. The van der Waals surface area contributed by atoms with Crippen LogP contribution >= 0.6 is 11.8 Å². The normalized spacial score (nSPS) is 19.0. The van der Waals surface area contributed by atoms with E-state index in [4.69, 9.17) is 9.47 Å². The molecular weight excluding hydrogens is 362 g/mol. The summed E-state index contributed by atoms with van der Waals surface area (Å²) >= 11 is 1.63. The van der Waals surface area contributed by atoms with Crippen LogP contribution in [0, 0.1) is 0 Å². The Morgan fingerprint density at radius 1 is 1.26 bits per heavy atom. The minimum Gasteiger partial charge on any atom is -0.497 e. The third-order valence-corrected chi connectivity index (χ3v) is 5.77. The number of nitrogens with zero attached hydrogens (tertiary/aromatic N) is 1. The van der Waals surface area contributed by atoms with E-state index in [9.17, 15) is 4.79 Å². The van der Waals surface area contributed by atoms with E-state index in [1.54, 1.807) is 25.1 Å². The number of methoxy groups -OCH3 is 1. The van der Waals surface area contributed by atoms with E-state index in [0.717, 1.165) is 29.5 Å². The summed E-state index contributed by atoms with van der Waals surface area (Å²) in [4.78, 5) is 16.5. The van der Waals surface area contributed by atoms with Crippen molar-refractivity contribution in [3.05, 3.63) is 54.4 Å². The van der Waals surface area contributed by atoms with Gasteiger partial charge in [0, 0.05) is 38.0 Å². The Hall–Kier alpha value is -2.09. The number of hydrogen-bond acceptors (Lipinski definition) is 7. The molecule has 3 rings (SSSR count). The topological polar surface area (TPSA) is 72.5 Å². The first-order valence-electron chi connectivity index (χ1n) is 9.02. The second kappa shape index (κ2) is 9.73. The molecule has 7 heteroatoms. The number of thioether (sulfide) groups is 1. The first-order chi connectivity index (χ1) is 13.2. The highest BCUT2D eigenvalue weighted by Gasteiger charge is 2.42. The Bertz CT molecular complexity index is 719. The molecule has 1 unspecified atom stereocenters. The highest BCUT2D eigenvalue weighted by atomic mass is 32.2. The van der Waals surface area contributed by atoms with E-state index in [-0.39, 0.29) is 5.78 Å². The molecule has 1 aromatic heterocycles. The summed E-state index contributed by atoms with van der Waals surface area (Å²) in [5, 5.41) is 6.63. The molecule has 0 amide bonds. The van der Waals surface area contributed by atoms with E-state index in [2.05, 4.69) is 15.6 Å². The lowest BCUT2D eigenvalue weighted by molar-refractivity contribution is -0.122. The zero-order valence-electron chi connectivity index (χ0n) is 15.4. The van der Waals surface area contributed by atoms with Crippen molar-refractivity contribution in [2.45, 2.75) is 17.8 Å². The van der Waals surface area contributed by atoms with Crippen molar-refractivity contribution in [2.24, 2.45) is 0 Å². The molecule has 1 aromatic carbocycles. The second-order valence-corrected chi connectivity index (χ2v) is 7.63. The molecule has 0 saturated carbocycles. The predicted molar refractivity (Wildman–Crippen MR) is 107 cm³/mol.